The summed E-state index contributed by atoms with van der Waals surface area (Å²) in [5.74, 6) is -10.0. The second kappa shape index (κ2) is 67.6. The number of carbonyl (C=O) groups is 10. The van der Waals surface area contributed by atoms with Crippen molar-refractivity contribution >= 4 is 148 Å². The van der Waals surface area contributed by atoms with E-state index in [4.69, 9.17) is 139 Å². The lowest BCUT2D eigenvalue weighted by atomic mass is 9.84. The molecule has 0 spiro atoms. The molecule has 11 rings (SSSR count). The summed E-state index contributed by atoms with van der Waals surface area (Å²) in [5.41, 5.74) is 16.1. The van der Waals surface area contributed by atoms with Crippen LogP contribution in [0.15, 0.2) is 119 Å². The number of carboxylic acid groups (broad SMARTS) is 2. The number of ketones is 1. The number of alkyl halides is 7. The molecule has 6 N–H and O–H groups in total. The zero-order valence-corrected chi connectivity index (χ0v) is 87.3. The SMILES string of the molecule is C.CN1Cc2c(Cl)cc(Cl)cc2C(c2cccc(CNCCOCCOCCOCCNC(=O)CCC(=O)CCCOCCOCCOCCCS(=O)(=O)c3cccc(C4CN(C)Cc5c(Cl)cc(Cl)cc54)c3)c2)C1.CN1Cc2c(Cl)cc(Cl)cc2C(c2cccc(S(=O)(=O)CCCOCCOCCOCCN)c2)C1.O=C(CCC(=O)ON1C(=O)CCC1=O)ON1C(=O)CCC1=O.O=C(O)C(F)(F)F.O=C(O)C(F)(F)F.[2H]CF. The van der Waals surface area contributed by atoms with Gasteiger partial charge in [0.15, 0.2) is 19.7 Å². The van der Waals surface area contributed by atoms with Gasteiger partial charge in [0.1, 0.15) is 5.78 Å². The van der Waals surface area contributed by atoms with Crippen LogP contribution in [0.2, 0.25) is 30.1 Å². The van der Waals surface area contributed by atoms with Gasteiger partial charge in [-0.1, -0.05) is 126 Å². The fourth-order valence-corrected chi connectivity index (χ4v) is 19.5. The highest BCUT2D eigenvalue weighted by Gasteiger charge is 2.41. The fraction of sp³-hybridized carbons (Fsp3) is 0.531. The standard InChI is InChI=1S/C55H72Cl4N4O10S.C25H34Cl2N2O5S.C12H12N2O8.2C2HF3O2.CH3F.CH4/c1-62-36-49(47-31-43(56)33-53(58)51(47)38-62)41-8-3-7-40(29-41)35-60-14-18-70-22-26-73-27-23-71-19-15-61-55(65)13-12-45(64)10-5-16-68-20-24-72-25-21-69-17-6-28-74(66,67)46-11-4-9-42(30-46)50-37-63(2)39-52-48(50)32-44(57)34-54(52)59;1-29-17-23(22-15-20(26)16-25(27)24(22)18-29)19-4-2-5-21(14-19)35(30,31)13-3-7-32-9-11-34-12-10-33-8-6-28;15-7-1-2-8(16)13(7)21-11(19)5-6-12(20)22-14-9(17)3-4-10(14)18;2*3-2(4,5)1(6)7;1-2;/h3-4,7-9,11,29-34,49-50,60H,5-6,10,12-28,35-39H2,1-2H3,(H,61,65);2,4-5,14-16,23H,3,6-13,17-18,28H2,1H3;1-6H2;2*(H,6,7);1H3;1H4/i;;;;;1D;. The van der Waals surface area contributed by atoms with E-state index in [-0.39, 0.29) is 98.4 Å². The van der Waals surface area contributed by atoms with Gasteiger partial charge in [0.25, 0.3) is 23.6 Å². The molecule has 0 bridgehead atoms. The van der Waals surface area contributed by atoms with Gasteiger partial charge in [-0.05, 0) is 157 Å². The van der Waals surface area contributed by atoms with Crippen molar-refractivity contribution in [3.63, 3.8) is 0 Å². The Balaban J connectivity index is 0.000000423. The van der Waals surface area contributed by atoms with Gasteiger partial charge in [-0.25, -0.2) is 36.0 Å². The molecule has 0 aliphatic carbocycles. The van der Waals surface area contributed by atoms with Crippen molar-refractivity contribution in [2.75, 3.05) is 198 Å². The Hall–Kier alpha value is -8.79. The van der Waals surface area contributed by atoms with Gasteiger partial charge in [-0.15, -0.1) is 10.1 Å². The van der Waals surface area contributed by atoms with Crippen LogP contribution < -0.4 is 16.4 Å². The van der Waals surface area contributed by atoms with Crippen molar-refractivity contribution in [2.24, 2.45) is 5.73 Å². The van der Waals surface area contributed by atoms with Crippen LogP contribution in [0, 0.1) is 0 Å². The van der Waals surface area contributed by atoms with Gasteiger partial charge in [0.05, 0.1) is 142 Å². The van der Waals surface area contributed by atoms with Crippen LogP contribution in [-0.4, -0.2) is 321 Å². The highest BCUT2D eigenvalue weighted by atomic mass is 35.5. The summed E-state index contributed by atoms with van der Waals surface area (Å²) in [6.07, 6.45) is -9.27. The fourth-order valence-electron chi connectivity index (χ4n) is 15.1. The molecule has 5 amide bonds. The average Bonchev–Trinajstić information content (AvgIpc) is 1.33. The van der Waals surface area contributed by atoms with E-state index in [9.17, 15) is 85.9 Å². The summed E-state index contributed by atoms with van der Waals surface area (Å²) in [4.78, 5) is 126. The number of fused-ring (bicyclic) bond motifs is 3. The Kier molecular flexibility index (Phi) is 58.4. The second-order valence-corrected chi connectivity index (χ2v) is 40.3. The number of nitrogens with two attached hydrogens (primary N) is 1. The van der Waals surface area contributed by atoms with Crippen LogP contribution in [0.4, 0.5) is 30.7 Å². The number of ether oxygens (including phenoxy) is 9. The van der Waals surface area contributed by atoms with E-state index in [0.29, 0.717) is 204 Å². The summed E-state index contributed by atoms with van der Waals surface area (Å²) in [6, 6.07) is 34.2. The highest BCUT2D eigenvalue weighted by Crippen LogP contribution is 2.43. The van der Waals surface area contributed by atoms with Crippen LogP contribution >= 0.6 is 69.6 Å². The molecule has 2 saturated heterocycles. The molecule has 5 aliphatic heterocycles. The first-order valence-electron chi connectivity index (χ1n) is 47.2. The lowest BCUT2D eigenvalue weighted by molar-refractivity contribution is -0.201. The van der Waals surface area contributed by atoms with E-state index in [2.05, 4.69) is 72.4 Å². The van der Waals surface area contributed by atoms with Crippen molar-refractivity contribution in [1.29, 1.82) is 0 Å². The third-order valence-corrected chi connectivity index (χ3v) is 27.3. The van der Waals surface area contributed by atoms with Crippen LogP contribution in [0.25, 0.3) is 0 Å². The zero-order valence-electron chi connectivity index (χ0n) is 82.2. The number of aliphatic carboxylic acids is 2. The molecule has 6 aromatic rings. The van der Waals surface area contributed by atoms with E-state index in [1.807, 2.05) is 44.4 Å². The van der Waals surface area contributed by atoms with E-state index < -0.39 is 99.5 Å². The van der Waals surface area contributed by atoms with Gasteiger partial charge in [-0.2, -0.15) is 26.3 Å². The third-order valence-electron chi connectivity index (χ3n) is 22.1. The van der Waals surface area contributed by atoms with Gasteiger partial charge in [0, 0.05) is 178 Å². The number of hydrogen-bond donors (Lipinski definition) is 5. The molecule has 2 fully saturated rings. The van der Waals surface area contributed by atoms with E-state index in [1.54, 1.807) is 48.5 Å². The molecule has 5 aliphatic rings. The number of carboxylic acids is 2. The molecule has 6 aromatic carbocycles. The number of Topliss-reactive ketones (excluding diaryl/α,β-unsaturated/α-hetero) is 1. The lowest BCUT2D eigenvalue weighted by Crippen LogP contribution is -2.33. The molecule has 35 nitrogen and oxygen atoms in total. The largest absolute Gasteiger partial charge is 0.490 e. The number of amides is 5. The molecule has 5 heterocycles. The maximum atomic E-state index is 13.2. The minimum Gasteiger partial charge on any atom is -0.475 e. The van der Waals surface area contributed by atoms with Crippen molar-refractivity contribution in [2.45, 2.75) is 151 Å². The van der Waals surface area contributed by atoms with Crippen LogP contribution in [0.1, 0.15) is 159 Å². The van der Waals surface area contributed by atoms with Crippen molar-refractivity contribution in [3.05, 3.63) is 195 Å². The van der Waals surface area contributed by atoms with Crippen molar-refractivity contribution < 1.29 is 159 Å². The number of hydrogen-bond acceptors (Lipinski definition) is 30. The third kappa shape index (κ3) is 46.8. The first-order chi connectivity index (χ1) is 70.3. The van der Waals surface area contributed by atoms with Crippen LogP contribution in [0.3, 0.4) is 0 Å². The molecule has 3 unspecified atom stereocenters. The predicted molar refractivity (Wildman–Crippen MR) is 536 cm³/mol. The molecular weight excluding hydrogens is 2130 g/mol. The molecule has 0 radical (unpaired) electrons. The Bertz CT molecular complexity index is 5450. The quantitative estimate of drug-likeness (QED) is 0.0134. The number of nitrogens with one attached hydrogen (secondary N) is 2. The number of benzene rings is 6. The number of likely N-dealkylation sites (N-methyl/N-ethyl adjacent to an activating group) is 3. The molecule has 824 valence electrons. The van der Waals surface area contributed by atoms with Gasteiger partial charge < -0.3 is 93.6 Å². The monoisotopic (exact) mass is 2260 g/mol. The normalized spacial score (nSPS) is 15.8. The summed E-state index contributed by atoms with van der Waals surface area (Å²) in [6.45, 7) is 14.4. The Labute approximate surface area is 887 Å². The Morgan fingerprint density at radius 1 is 0.432 bits per heavy atom. The van der Waals surface area contributed by atoms with Gasteiger partial charge in [0.2, 0.25) is 5.91 Å². The van der Waals surface area contributed by atoms with Gasteiger partial charge in [-0.3, -0.25) is 33.2 Å². The Morgan fingerprint density at radius 2 is 0.743 bits per heavy atom. The molecule has 0 aromatic heterocycles. The van der Waals surface area contributed by atoms with E-state index >= 15 is 0 Å². The maximum Gasteiger partial charge on any atom is 0.490 e. The Morgan fingerprint density at radius 3 is 1.09 bits per heavy atom. The smallest absolute Gasteiger partial charge is 0.475 e. The molecular formula is C98H127Cl6F7N8O27S2. The van der Waals surface area contributed by atoms with Crippen molar-refractivity contribution in [1.82, 2.24) is 35.5 Å². The maximum absolute atomic E-state index is 13.2. The number of halogens is 13. The first kappa shape index (κ1) is 128. The number of nitrogens with zero attached hydrogens (tertiary/aromatic N) is 5. The number of hydroxylamine groups is 4. The molecule has 50 heteroatoms. The first-order valence-corrected chi connectivity index (χ1v) is 52.1. The van der Waals surface area contributed by atoms with Crippen LogP contribution in [0.5, 0.6) is 0 Å². The topological polar surface area (TPSA) is 447 Å². The average molecular weight is 2260 g/mol. The molecule has 0 saturated carbocycles. The van der Waals surface area contributed by atoms with Crippen molar-refractivity contribution in [3.8, 4) is 0 Å². The number of imide groups is 2. The number of rotatable bonds is 53. The summed E-state index contributed by atoms with van der Waals surface area (Å²) in [5, 5.41) is 25.0. The minimum atomic E-state index is -5.08. The van der Waals surface area contributed by atoms with E-state index in [0.717, 1.165) is 83.2 Å². The highest BCUT2D eigenvalue weighted by molar-refractivity contribution is 7.91. The number of sulfone groups is 2. The van der Waals surface area contributed by atoms with Crippen LogP contribution in [-0.2, 0) is 146 Å². The molecule has 3 atom stereocenters. The van der Waals surface area contributed by atoms with E-state index in [1.165, 1.54) is 16.7 Å². The summed E-state index contributed by atoms with van der Waals surface area (Å²) in [7, 11) is -1.80. The predicted octanol–water partition coefficient (Wildman–Crippen LogP) is 14.0. The zero-order chi connectivity index (χ0) is 109. The summed E-state index contributed by atoms with van der Waals surface area (Å²) >= 11 is 38.6. The minimum absolute atomic E-state index is 0. The lowest BCUT2D eigenvalue weighted by Gasteiger charge is -2.33. The summed E-state index contributed by atoms with van der Waals surface area (Å²) < 4.78 is 181. The number of carbonyl (C=O) groups excluding carboxylic acids is 8. The second-order valence-electron chi connectivity index (χ2n) is 33.5. The van der Waals surface area contributed by atoms with Gasteiger partial charge >= 0.3 is 36.2 Å². The molecule has 148 heavy (non-hydrogen) atoms.